The number of hydrogen-bond donors (Lipinski definition) is 1. The molecule has 2 nitrogen and oxygen atoms in total. The fourth-order valence-electron chi connectivity index (χ4n) is 1.54. The molecule has 1 aliphatic heterocycles. The number of alkyl halides is 3. The molecule has 1 aromatic carbocycles. The van der Waals surface area contributed by atoms with Gasteiger partial charge in [-0.3, -0.25) is 0 Å². The number of nitrogens with one attached hydrogen (secondary N) is 1. The van der Waals surface area contributed by atoms with Gasteiger partial charge in [0.2, 0.25) is 0 Å². The first kappa shape index (κ1) is 14.8. The summed E-state index contributed by atoms with van der Waals surface area (Å²) in [5, 5.41) is 3.28. The van der Waals surface area contributed by atoms with Crippen LogP contribution < -0.4 is 10.1 Å². The van der Waals surface area contributed by atoms with E-state index in [2.05, 4.69) is 10.1 Å². The number of hydrogen-bond acceptors (Lipinski definition) is 2. The molecule has 0 amide bonds. The highest BCUT2D eigenvalue weighted by atomic mass is 19.4. The van der Waals surface area contributed by atoms with Crippen molar-refractivity contribution < 1.29 is 17.9 Å². The van der Waals surface area contributed by atoms with Crippen molar-refractivity contribution in [2.45, 2.75) is 32.5 Å². The molecule has 1 fully saturated rings. The van der Waals surface area contributed by atoms with Crippen LogP contribution in [0.3, 0.4) is 0 Å². The fraction of sp³-hybridized carbons (Fsp3) is 0.538. The van der Waals surface area contributed by atoms with Crippen molar-refractivity contribution in [1.29, 1.82) is 0 Å². The molecule has 0 saturated carbocycles. The normalized spacial score (nSPS) is 15.6. The molecule has 0 spiro atoms. The molecule has 0 radical (unpaired) electrons. The van der Waals surface area contributed by atoms with E-state index in [1.54, 1.807) is 19.1 Å². The lowest BCUT2D eigenvalue weighted by atomic mass is 10.2. The van der Waals surface area contributed by atoms with Gasteiger partial charge in [0, 0.05) is 0 Å². The molecule has 18 heavy (non-hydrogen) atoms. The smallest absolute Gasteiger partial charge is 0.406 e. The van der Waals surface area contributed by atoms with Crippen LogP contribution in [-0.4, -0.2) is 19.5 Å². The van der Waals surface area contributed by atoms with Gasteiger partial charge in [-0.05, 0) is 45.0 Å². The van der Waals surface area contributed by atoms with Crippen molar-refractivity contribution in [1.82, 2.24) is 5.32 Å². The van der Waals surface area contributed by atoms with Crippen LogP contribution >= 0.6 is 0 Å². The van der Waals surface area contributed by atoms with E-state index in [0.29, 0.717) is 0 Å². The van der Waals surface area contributed by atoms with Crippen LogP contribution in [-0.2, 0) is 0 Å². The van der Waals surface area contributed by atoms with Crippen molar-refractivity contribution in [3.05, 3.63) is 29.8 Å². The Morgan fingerprint density at radius 3 is 1.89 bits per heavy atom. The van der Waals surface area contributed by atoms with E-state index in [9.17, 15) is 13.2 Å². The molecule has 1 heterocycles. The second kappa shape index (κ2) is 7.26. The summed E-state index contributed by atoms with van der Waals surface area (Å²) in [5.74, 6) is -0.187. The van der Waals surface area contributed by atoms with Crippen molar-refractivity contribution in [3.8, 4) is 5.75 Å². The van der Waals surface area contributed by atoms with E-state index in [4.69, 9.17) is 0 Å². The maximum Gasteiger partial charge on any atom is 0.573 e. The summed E-state index contributed by atoms with van der Waals surface area (Å²) < 4.78 is 38.5. The van der Waals surface area contributed by atoms with Crippen LogP contribution in [0.1, 0.15) is 24.8 Å². The molecular formula is C13H18F3NO. The summed E-state index contributed by atoms with van der Waals surface area (Å²) in [6, 6.07) is 5.67. The Morgan fingerprint density at radius 1 is 1.00 bits per heavy atom. The zero-order valence-corrected chi connectivity index (χ0v) is 10.4. The number of aryl methyl sites for hydroxylation is 1. The summed E-state index contributed by atoms with van der Waals surface area (Å²) in [5.41, 5.74) is 0.893. The summed E-state index contributed by atoms with van der Waals surface area (Å²) >= 11 is 0. The minimum Gasteiger partial charge on any atom is -0.406 e. The van der Waals surface area contributed by atoms with Crippen LogP contribution in [0.15, 0.2) is 24.3 Å². The quantitative estimate of drug-likeness (QED) is 0.833. The summed E-state index contributed by atoms with van der Waals surface area (Å²) in [6.45, 7) is 4.29. The second-order valence-electron chi connectivity index (χ2n) is 4.17. The molecule has 0 aliphatic carbocycles. The maximum atomic E-state index is 11.6. The van der Waals surface area contributed by atoms with Gasteiger partial charge in [0.25, 0.3) is 0 Å². The van der Waals surface area contributed by atoms with Crippen molar-refractivity contribution in [2.24, 2.45) is 0 Å². The third kappa shape index (κ3) is 7.17. The van der Waals surface area contributed by atoms with Gasteiger partial charge in [-0.2, -0.15) is 0 Å². The third-order valence-corrected chi connectivity index (χ3v) is 2.46. The SMILES string of the molecule is C1CCNCC1.Cc1ccc(OC(F)(F)F)cc1. The van der Waals surface area contributed by atoms with Crippen LogP contribution in [0.25, 0.3) is 0 Å². The Labute approximate surface area is 105 Å². The Balaban J connectivity index is 0.000000225. The maximum absolute atomic E-state index is 11.6. The highest BCUT2D eigenvalue weighted by Crippen LogP contribution is 2.22. The fourth-order valence-corrected chi connectivity index (χ4v) is 1.54. The molecule has 5 heteroatoms. The van der Waals surface area contributed by atoms with Gasteiger partial charge in [-0.1, -0.05) is 24.1 Å². The van der Waals surface area contributed by atoms with Crippen molar-refractivity contribution in [2.75, 3.05) is 13.1 Å². The summed E-state index contributed by atoms with van der Waals surface area (Å²) in [7, 11) is 0. The van der Waals surface area contributed by atoms with Gasteiger partial charge in [0.05, 0.1) is 0 Å². The molecule has 2 rings (SSSR count). The molecule has 1 saturated heterocycles. The highest BCUT2D eigenvalue weighted by molar-refractivity contribution is 5.26. The number of piperidine rings is 1. The van der Waals surface area contributed by atoms with E-state index in [-0.39, 0.29) is 5.75 Å². The number of ether oxygens (including phenoxy) is 1. The van der Waals surface area contributed by atoms with E-state index in [1.807, 2.05) is 0 Å². The largest absolute Gasteiger partial charge is 0.573 e. The van der Waals surface area contributed by atoms with Gasteiger partial charge in [0.1, 0.15) is 5.75 Å². The lowest BCUT2D eigenvalue weighted by Crippen LogP contribution is -2.21. The average molecular weight is 261 g/mol. The minimum atomic E-state index is -4.60. The highest BCUT2D eigenvalue weighted by Gasteiger charge is 2.30. The van der Waals surface area contributed by atoms with E-state index >= 15 is 0 Å². The average Bonchev–Trinajstić information content (AvgIpc) is 2.34. The molecule has 0 aromatic heterocycles. The molecular weight excluding hydrogens is 243 g/mol. The third-order valence-electron chi connectivity index (χ3n) is 2.46. The van der Waals surface area contributed by atoms with Gasteiger partial charge < -0.3 is 10.1 Å². The Bertz CT molecular complexity index is 320. The molecule has 0 bridgehead atoms. The first-order valence-corrected chi connectivity index (χ1v) is 6.00. The summed E-state index contributed by atoms with van der Waals surface area (Å²) in [4.78, 5) is 0. The van der Waals surface area contributed by atoms with Crippen molar-refractivity contribution in [3.63, 3.8) is 0 Å². The zero-order valence-electron chi connectivity index (χ0n) is 10.4. The minimum absolute atomic E-state index is 0.187. The topological polar surface area (TPSA) is 21.3 Å². The standard InChI is InChI=1S/C8H7F3O.C5H11N/c1-6-2-4-7(5-3-6)12-8(9,10)11;1-2-4-6-5-3-1/h2-5H,1H3;6H,1-5H2. The predicted molar refractivity (Wildman–Crippen MR) is 64.6 cm³/mol. The number of benzene rings is 1. The molecule has 102 valence electrons. The molecule has 1 N–H and O–H groups in total. The van der Waals surface area contributed by atoms with E-state index in [1.165, 1.54) is 44.5 Å². The molecule has 0 unspecified atom stereocenters. The first-order valence-electron chi connectivity index (χ1n) is 6.00. The van der Waals surface area contributed by atoms with Gasteiger partial charge in [0.15, 0.2) is 0 Å². The first-order chi connectivity index (χ1) is 8.47. The van der Waals surface area contributed by atoms with E-state index < -0.39 is 6.36 Å². The van der Waals surface area contributed by atoms with Crippen molar-refractivity contribution >= 4 is 0 Å². The molecule has 1 aromatic rings. The van der Waals surface area contributed by atoms with E-state index in [0.717, 1.165) is 5.56 Å². The Hall–Kier alpha value is -1.23. The predicted octanol–water partition coefficient (Wildman–Crippen LogP) is 3.65. The number of halogens is 3. The molecule has 0 atom stereocenters. The molecule has 1 aliphatic rings. The lowest BCUT2D eigenvalue weighted by molar-refractivity contribution is -0.274. The second-order valence-corrected chi connectivity index (χ2v) is 4.17. The zero-order chi connectivity index (χ0) is 13.4. The van der Waals surface area contributed by atoms with Gasteiger partial charge in [-0.15, -0.1) is 13.2 Å². The van der Waals surface area contributed by atoms with Gasteiger partial charge in [-0.25, -0.2) is 0 Å². The van der Waals surface area contributed by atoms with Crippen LogP contribution in [0.2, 0.25) is 0 Å². The Kier molecular flexibility index (Phi) is 5.98. The monoisotopic (exact) mass is 261 g/mol. The van der Waals surface area contributed by atoms with Crippen LogP contribution in [0, 0.1) is 6.92 Å². The number of rotatable bonds is 1. The van der Waals surface area contributed by atoms with Crippen LogP contribution in [0.4, 0.5) is 13.2 Å². The van der Waals surface area contributed by atoms with Gasteiger partial charge >= 0.3 is 6.36 Å². The van der Waals surface area contributed by atoms with Crippen LogP contribution in [0.5, 0.6) is 5.75 Å². The lowest BCUT2D eigenvalue weighted by Gasteiger charge is -2.08. The summed E-state index contributed by atoms with van der Waals surface area (Å²) in [6.07, 6.45) is -0.387. The Morgan fingerprint density at radius 2 is 1.56 bits per heavy atom.